The summed E-state index contributed by atoms with van der Waals surface area (Å²) in [5.41, 5.74) is 0.763. The van der Waals surface area contributed by atoms with Gasteiger partial charge in [-0.05, 0) is 19.1 Å². The predicted octanol–water partition coefficient (Wildman–Crippen LogP) is 2.96. The van der Waals surface area contributed by atoms with Gasteiger partial charge in [0, 0.05) is 15.7 Å². The van der Waals surface area contributed by atoms with Crippen molar-refractivity contribution in [3.63, 3.8) is 0 Å². The molecule has 0 spiro atoms. The number of sulfone groups is 1. The Morgan fingerprint density at radius 3 is 2.60 bits per heavy atom. The molecule has 9 heteroatoms. The van der Waals surface area contributed by atoms with E-state index in [-0.39, 0.29) is 14.0 Å². The van der Waals surface area contributed by atoms with Gasteiger partial charge in [0.1, 0.15) is 5.82 Å². The zero-order valence-corrected chi connectivity index (χ0v) is 14.2. The smallest absolute Gasteiger partial charge is 0.197 e. The third-order valence-corrected chi connectivity index (χ3v) is 4.47. The maximum atomic E-state index is 14.1. The van der Waals surface area contributed by atoms with Crippen molar-refractivity contribution in [3.8, 4) is 5.69 Å². The second kappa shape index (κ2) is 5.57. The fourth-order valence-electron chi connectivity index (χ4n) is 1.67. The van der Waals surface area contributed by atoms with Gasteiger partial charge in [-0.2, -0.15) is 0 Å². The zero-order chi connectivity index (χ0) is 15.1. The van der Waals surface area contributed by atoms with E-state index in [9.17, 15) is 12.8 Å². The maximum Gasteiger partial charge on any atom is 0.197 e. The van der Waals surface area contributed by atoms with Crippen LogP contribution < -0.4 is 0 Å². The van der Waals surface area contributed by atoms with Crippen molar-refractivity contribution in [2.24, 2.45) is 0 Å². The minimum atomic E-state index is -3.46. The second-order valence-electron chi connectivity index (χ2n) is 4.18. The Morgan fingerprint density at radius 2 is 2.10 bits per heavy atom. The Labute approximate surface area is 134 Å². The molecule has 0 fully saturated rings. The fourth-order valence-corrected chi connectivity index (χ4v) is 2.90. The molecule has 1 atom stereocenters. The van der Waals surface area contributed by atoms with E-state index < -0.39 is 15.7 Å². The summed E-state index contributed by atoms with van der Waals surface area (Å²) in [6, 6.07) is 2.98. The van der Waals surface area contributed by atoms with Crippen molar-refractivity contribution in [2.75, 3.05) is 6.26 Å². The number of alkyl halides is 1. The van der Waals surface area contributed by atoms with Crippen LogP contribution in [0.4, 0.5) is 4.39 Å². The van der Waals surface area contributed by atoms with Gasteiger partial charge in [0.05, 0.1) is 16.9 Å². The molecule has 5 nitrogen and oxygen atoms in total. The highest BCUT2D eigenvalue weighted by molar-refractivity contribution is 14.1. The van der Waals surface area contributed by atoms with Gasteiger partial charge in [0.2, 0.25) is 0 Å². The van der Waals surface area contributed by atoms with Crippen LogP contribution in [0.1, 0.15) is 16.4 Å². The van der Waals surface area contributed by atoms with Gasteiger partial charge >= 0.3 is 0 Å². The highest BCUT2D eigenvalue weighted by atomic mass is 127. The molecular formula is C11H10ClFIN3O2S. The largest absolute Gasteiger partial charge is 0.222 e. The van der Waals surface area contributed by atoms with E-state index >= 15 is 0 Å². The number of aromatic nitrogens is 3. The van der Waals surface area contributed by atoms with Crippen LogP contribution in [0.15, 0.2) is 23.4 Å². The highest BCUT2D eigenvalue weighted by Gasteiger charge is 2.20. The third kappa shape index (κ3) is 2.96. The third-order valence-electron chi connectivity index (χ3n) is 2.61. The Kier molecular flexibility index (Phi) is 4.35. The van der Waals surface area contributed by atoms with E-state index in [1.807, 2.05) is 22.6 Å². The lowest BCUT2D eigenvalue weighted by Crippen LogP contribution is -2.04. The minimum Gasteiger partial charge on any atom is -0.222 e. The summed E-state index contributed by atoms with van der Waals surface area (Å²) in [7, 11) is -3.46. The van der Waals surface area contributed by atoms with Gasteiger partial charge in [-0.15, -0.1) is 5.10 Å². The average Bonchev–Trinajstić information content (AvgIpc) is 2.80. The quantitative estimate of drug-likeness (QED) is 0.556. The molecule has 0 aliphatic heterocycles. The zero-order valence-electron chi connectivity index (χ0n) is 10.5. The summed E-state index contributed by atoms with van der Waals surface area (Å²) in [5, 5.41) is 7.17. The van der Waals surface area contributed by atoms with Crippen LogP contribution in [0, 0.1) is 5.82 Å². The Bertz CT molecular complexity index is 761. The van der Waals surface area contributed by atoms with Crippen LogP contribution in [0.5, 0.6) is 0 Å². The van der Waals surface area contributed by atoms with E-state index in [1.165, 1.54) is 16.9 Å². The van der Waals surface area contributed by atoms with E-state index in [0.717, 1.165) is 6.26 Å². The second-order valence-corrected chi connectivity index (χ2v) is 8.42. The van der Waals surface area contributed by atoms with Crippen molar-refractivity contribution >= 4 is 44.0 Å². The number of hydrogen-bond acceptors (Lipinski definition) is 4. The molecule has 2 aromatic rings. The van der Waals surface area contributed by atoms with Crippen molar-refractivity contribution in [3.05, 3.63) is 34.7 Å². The fraction of sp³-hybridized carbons (Fsp3) is 0.273. The van der Waals surface area contributed by atoms with E-state index in [0.29, 0.717) is 11.3 Å². The van der Waals surface area contributed by atoms with Gasteiger partial charge in [-0.25, -0.2) is 17.5 Å². The first-order chi connectivity index (χ1) is 9.21. The van der Waals surface area contributed by atoms with Crippen molar-refractivity contribution in [2.45, 2.75) is 15.9 Å². The van der Waals surface area contributed by atoms with Gasteiger partial charge in [-0.1, -0.05) is 39.4 Å². The lowest BCUT2D eigenvalue weighted by molar-refractivity contribution is 0.597. The number of rotatable bonds is 3. The Morgan fingerprint density at radius 1 is 1.45 bits per heavy atom. The average molecular weight is 430 g/mol. The van der Waals surface area contributed by atoms with Crippen LogP contribution in [-0.4, -0.2) is 29.7 Å². The molecule has 20 heavy (non-hydrogen) atoms. The number of benzene rings is 1. The highest BCUT2D eigenvalue weighted by Crippen LogP contribution is 2.34. The van der Waals surface area contributed by atoms with Crippen LogP contribution in [0.2, 0.25) is 5.02 Å². The molecule has 0 N–H and O–H groups in total. The topological polar surface area (TPSA) is 64.8 Å². The number of nitrogens with zero attached hydrogens (tertiary/aromatic N) is 3. The molecule has 0 saturated heterocycles. The molecule has 0 aliphatic rings. The van der Waals surface area contributed by atoms with Crippen molar-refractivity contribution in [1.29, 1.82) is 0 Å². The monoisotopic (exact) mass is 429 g/mol. The summed E-state index contributed by atoms with van der Waals surface area (Å²) in [6.07, 6.45) is 2.28. The molecular weight excluding hydrogens is 420 g/mol. The normalized spacial score (nSPS) is 13.4. The van der Waals surface area contributed by atoms with E-state index in [2.05, 4.69) is 10.3 Å². The van der Waals surface area contributed by atoms with Gasteiger partial charge in [0.15, 0.2) is 14.9 Å². The number of hydrogen-bond donors (Lipinski definition) is 0. The van der Waals surface area contributed by atoms with Crippen LogP contribution in [-0.2, 0) is 9.84 Å². The number of halogens is 3. The van der Waals surface area contributed by atoms with E-state index in [4.69, 9.17) is 11.6 Å². The Balaban J connectivity index is 2.64. The molecule has 1 aromatic heterocycles. The van der Waals surface area contributed by atoms with Crippen molar-refractivity contribution in [1.82, 2.24) is 15.0 Å². The molecule has 0 amide bonds. The summed E-state index contributed by atoms with van der Waals surface area (Å²) in [4.78, 5) is 0. The standard InChI is InChI=1S/C11H10ClFIN3O2S/c1-6(14)10-8(4-3-7(12)11(10)13)17-5-9(15-16-17)20(2,18)19/h3-6H,1-2H3. The summed E-state index contributed by atoms with van der Waals surface area (Å²) in [5.74, 6) is -0.539. The lowest BCUT2D eigenvalue weighted by atomic mass is 10.1. The van der Waals surface area contributed by atoms with Gasteiger partial charge in [-0.3, -0.25) is 0 Å². The van der Waals surface area contributed by atoms with Crippen LogP contribution >= 0.6 is 34.2 Å². The molecule has 2 rings (SSSR count). The summed E-state index contributed by atoms with van der Waals surface area (Å²) >= 11 is 7.82. The lowest BCUT2D eigenvalue weighted by Gasteiger charge is -2.13. The van der Waals surface area contributed by atoms with E-state index in [1.54, 1.807) is 13.0 Å². The maximum absolute atomic E-state index is 14.1. The summed E-state index contributed by atoms with van der Waals surface area (Å²) in [6.45, 7) is 1.80. The first-order valence-electron chi connectivity index (χ1n) is 5.46. The molecule has 1 unspecified atom stereocenters. The molecule has 0 radical (unpaired) electrons. The molecule has 0 bridgehead atoms. The first-order valence-corrected chi connectivity index (χ1v) is 8.98. The predicted molar refractivity (Wildman–Crippen MR) is 81.9 cm³/mol. The van der Waals surface area contributed by atoms with Crippen molar-refractivity contribution < 1.29 is 12.8 Å². The molecule has 0 saturated carbocycles. The summed E-state index contributed by atoms with van der Waals surface area (Å²) < 4.78 is 38.0. The molecule has 108 valence electrons. The van der Waals surface area contributed by atoms with Crippen LogP contribution in [0.25, 0.3) is 5.69 Å². The SMILES string of the molecule is CC(I)c1c(-n2cc(S(C)(=O)=O)nn2)ccc(Cl)c1F. The van der Waals surface area contributed by atoms with Gasteiger partial charge in [0.25, 0.3) is 0 Å². The van der Waals surface area contributed by atoms with Gasteiger partial charge < -0.3 is 0 Å². The van der Waals surface area contributed by atoms with Crippen LogP contribution in [0.3, 0.4) is 0 Å². The molecule has 1 aromatic carbocycles. The minimum absolute atomic E-state index is 0.00992. The molecule has 0 aliphatic carbocycles. The first kappa shape index (κ1) is 15.6. The Hall–Kier alpha value is -0.740. The molecule has 1 heterocycles.